The van der Waals surface area contributed by atoms with Gasteiger partial charge in [-0.25, -0.2) is 4.98 Å². The van der Waals surface area contributed by atoms with Gasteiger partial charge in [-0.05, 0) is 17.7 Å². The van der Waals surface area contributed by atoms with E-state index in [9.17, 15) is 4.79 Å². The first-order valence-electron chi connectivity index (χ1n) is 9.02. The average molecular weight is 354 g/mol. The maximum Gasteiger partial charge on any atom is 0.269 e. The Kier molecular flexibility index (Phi) is 6.57. The Bertz CT molecular complexity index is 685. The molecule has 0 saturated carbocycles. The first kappa shape index (κ1) is 18.4. The van der Waals surface area contributed by atoms with Gasteiger partial charge in [0, 0.05) is 39.8 Å². The third-order valence-electron chi connectivity index (χ3n) is 4.50. The number of benzene rings is 1. The number of carbonyl (C=O) groups excluding carboxylic acids is 1. The largest absolute Gasteiger partial charge is 0.379 e. The molecule has 6 nitrogen and oxygen atoms in total. The van der Waals surface area contributed by atoms with Crippen molar-refractivity contribution in [2.45, 2.75) is 6.54 Å². The third-order valence-corrected chi connectivity index (χ3v) is 4.50. The molecular weight excluding hydrogens is 328 g/mol. The van der Waals surface area contributed by atoms with Crippen LogP contribution >= 0.6 is 0 Å². The minimum atomic E-state index is -0.129. The lowest BCUT2D eigenvalue weighted by Crippen LogP contribution is -2.41. The van der Waals surface area contributed by atoms with E-state index in [4.69, 9.17) is 4.74 Å². The van der Waals surface area contributed by atoms with Crippen molar-refractivity contribution in [2.75, 3.05) is 51.3 Å². The molecule has 0 aliphatic carbocycles. The van der Waals surface area contributed by atoms with Crippen molar-refractivity contribution in [1.29, 1.82) is 0 Å². The van der Waals surface area contributed by atoms with Crippen LogP contribution in [0.25, 0.3) is 0 Å². The first-order valence-corrected chi connectivity index (χ1v) is 9.02. The fourth-order valence-corrected chi connectivity index (χ4v) is 2.94. The summed E-state index contributed by atoms with van der Waals surface area (Å²) in [6, 6.07) is 14.0. The molecule has 1 N–H and O–H groups in total. The van der Waals surface area contributed by atoms with Crippen LogP contribution in [-0.4, -0.2) is 62.2 Å². The summed E-state index contributed by atoms with van der Waals surface area (Å²) in [6.45, 7) is 5.66. The topological polar surface area (TPSA) is 57.7 Å². The van der Waals surface area contributed by atoms with Crippen molar-refractivity contribution >= 4 is 11.6 Å². The van der Waals surface area contributed by atoms with Crippen molar-refractivity contribution in [3.05, 3.63) is 59.9 Å². The Morgan fingerprint density at radius 1 is 1.19 bits per heavy atom. The van der Waals surface area contributed by atoms with Crippen LogP contribution < -0.4 is 10.2 Å². The molecule has 1 fully saturated rings. The van der Waals surface area contributed by atoms with Gasteiger partial charge in [0.15, 0.2) is 0 Å². The number of aromatic nitrogens is 1. The molecule has 6 heteroatoms. The third kappa shape index (κ3) is 5.28. The van der Waals surface area contributed by atoms with Crippen molar-refractivity contribution in [1.82, 2.24) is 15.2 Å². The summed E-state index contributed by atoms with van der Waals surface area (Å²) in [5.74, 6) is -0.129. The van der Waals surface area contributed by atoms with Gasteiger partial charge in [-0.15, -0.1) is 0 Å². The molecule has 0 radical (unpaired) electrons. The zero-order valence-corrected chi connectivity index (χ0v) is 15.2. The van der Waals surface area contributed by atoms with Gasteiger partial charge < -0.3 is 15.0 Å². The molecule has 0 spiro atoms. The second-order valence-electron chi connectivity index (χ2n) is 6.45. The monoisotopic (exact) mass is 354 g/mol. The summed E-state index contributed by atoms with van der Waals surface area (Å²) in [4.78, 5) is 21.0. The van der Waals surface area contributed by atoms with E-state index < -0.39 is 0 Å². The van der Waals surface area contributed by atoms with Crippen LogP contribution in [0.3, 0.4) is 0 Å². The second-order valence-corrected chi connectivity index (χ2v) is 6.45. The van der Waals surface area contributed by atoms with Crippen LogP contribution in [0.4, 0.5) is 5.69 Å². The predicted molar refractivity (Wildman–Crippen MR) is 102 cm³/mol. The fourth-order valence-electron chi connectivity index (χ4n) is 2.94. The van der Waals surface area contributed by atoms with Crippen molar-refractivity contribution in [3.63, 3.8) is 0 Å². The van der Waals surface area contributed by atoms with Gasteiger partial charge in [-0.2, -0.15) is 0 Å². The van der Waals surface area contributed by atoms with E-state index in [1.807, 2.05) is 31.3 Å². The highest BCUT2D eigenvalue weighted by molar-refractivity contribution is 5.92. The molecular formula is C20H26N4O2. The Morgan fingerprint density at radius 3 is 2.65 bits per heavy atom. The zero-order valence-electron chi connectivity index (χ0n) is 15.2. The highest BCUT2D eigenvalue weighted by Gasteiger charge is 2.12. The van der Waals surface area contributed by atoms with Crippen LogP contribution in [0.2, 0.25) is 0 Å². The number of nitrogens with one attached hydrogen (secondary N) is 1. The van der Waals surface area contributed by atoms with Gasteiger partial charge in [-0.3, -0.25) is 9.69 Å². The number of hydrogen-bond acceptors (Lipinski definition) is 5. The molecule has 0 unspecified atom stereocenters. The van der Waals surface area contributed by atoms with E-state index in [-0.39, 0.29) is 5.91 Å². The summed E-state index contributed by atoms with van der Waals surface area (Å²) in [7, 11) is 2.02. The van der Waals surface area contributed by atoms with E-state index in [0.29, 0.717) is 12.2 Å². The van der Waals surface area contributed by atoms with E-state index in [2.05, 4.69) is 32.2 Å². The van der Waals surface area contributed by atoms with Crippen LogP contribution in [0, 0.1) is 0 Å². The first-order chi connectivity index (χ1) is 12.7. The van der Waals surface area contributed by atoms with Crippen molar-refractivity contribution < 1.29 is 9.53 Å². The van der Waals surface area contributed by atoms with Gasteiger partial charge in [0.25, 0.3) is 5.91 Å². The lowest BCUT2D eigenvalue weighted by atomic mass is 10.2. The maximum absolute atomic E-state index is 12.2. The number of rotatable bonds is 7. The van der Waals surface area contributed by atoms with Crippen LogP contribution in [0.5, 0.6) is 0 Å². The Hall–Kier alpha value is -2.44. The van der Waals surface area contributed by atoms with Gasteiger partial charge in [0.1, 0.15) is 5.69 Å². The van der Waals surface area contributed by atoms with Crippen LogP contribution in [-0.2, 0) is 11.3 Å². The minimum Gasteiger partial charge on any atom is -0.379 e. The normalized spacial score (nSPS) is 14.8. The minimum absolute atomic E-state index is 0.129. The molecule has 138 valence electrons. The van der Waals surface area contributed by atoms with Gasteiger partial charge in [-0.1, -0.05) is 30.3 Å². The fraction of sp³-hybridized carbons (Fsp3) is 0.400. The smallest absolute Gasteiger partial charge is 0.269 e. The quantitative estimate of drug-likeness (QED) is 0.821. The van der Waals surface area contributed by atoms with E-state index in [1.165, 1.54) is 5.56 Å². The molecule has 1 aromatic heterocycles. The zero-order chi connectivity index (χ0) is 18.2. The molecule has 1 aliphatic rings. The molecule has 1 saturated heterocycles. The number of carbonyl (C=O) groups is 1. The van der Waals surface area contributed by atoms with Gasteiger partial charge >= 0.3 is 0 Å². The summed E-state index contributed by atoms with van der Waals surface area (Å²) in [5.41, 5.74) is 2.67. The average Bonchev–Trinajstić information content (AvgIpc) is 2.69. The van der Waals surface area contributed by atoms with E-state index >= 15 is 0 Å². The second kappa shape index (κ2) is 9.31. The molecule has 1 aliphatic heterocycles. The summed E-state index contributed by atoms with van der Waals surface area (Å²) < 4.78 is 5.32. The maximum atomic E-state index is 12.2. The number of nitrogens with zero attached hydrogens (tertiary/aromatic N) is 3. The molecule has 1 aromatic carbocycles. The molecule has 1 amide bonds. The lowest BCUT2D eigenvalue weighted by Gasteiger charge is -2.26. The number of anilines is 1. The van der Waals surface area contributed by atoms with Crippen LogP contribution in [0.15, 0.2) is 48.7 Å². The van der Waals surface area contributed by atoms with Crippen molar-refractivity contribution in [2.24, 2.45) is 0 Å². The van der Waals surface area contributed by atoms with Gasteiger partial charge in [0.2, 0.25) is 0 Å². The van der Waals surface area contributed by atoms with E-state index in [0.717, 1.165) is 45.1 Å². The number of hydrogen-bond donors (Lipinski definition) is 1. The molecule has 0 atom stereocenters. The number of pyridine rings is 1. The molecule has 3 rings (SSSR count). The Morgan fingerprint density at radius 2 is 1.96 bits per heavy atom. The molecule has 2 aromatic rings. The molecule has 0 bridgehead atoms. The van der Waals surface area contributed by atoms with Crippen LogP contribution in [0.1, 0.15) is 16.1 Å². The summed E-state index contributed by atoms with van der Waals surface area (Å²) >= 11 is 0. The standard InChI is InChI=1S/C20H26N4O2/c1-23(16-17-5-3-2-4-6-17)18-7-8-19(22-15-18)20(25)21-9-10-24-11-13-26-14-12-24/h2-8,15H,9-14,16H2,1H3,(H,21,25). The Labute approximate surface area is 154 Å². The molecule has 2 heterocycles. The van der Waals surface area contributed by atoms with Gasteiger partial charge in [0.05, 0.1) is 25.1 Å². The highest BCUT2D eigenvalue weighted by atomic mass is 16.5. The van der Waals surface area contributed by atoms with E-state index in [1.54, 1.807) is 12.3 Å². The summed E-state index contributed by atoms with van der Waals surface area (Å²) in [6.07, 6.45) is 1.75. The Balaban J connectivity index is 1.47. The number of ether oxygens (including phenoxy) is 1. The SMILES string of the molecule is CN(Cc1ccccc1)c1ccc(C(=O)NCCN2CCOCC2)nc1. The lowest BCUT2D eigenvalue weighted by molar-refractivity contribution is 0.0383. The number of morpholine rings is 1. The summed E-state index contributed by atoms with van der Waals surface area (Å²) in [5, 5.41) is 2.94. The number of amides is 1. The predicted octanol–water partition coefficient (Wildman–Crippen LogP) is 1.78. The highest BCUT2D eigenvalue weighted by Crippen LogP contribution is 2.14. The molecule has 26 heavy (non-hydrogen) atoms. The van der Waals surface area contributed by atoms with Crippen molar-refractivity contribution in [3.8, 4) is 0 Å².